The van der Waals surface area contributed by atoms with E-state index in [4.69, 9.17) is 9.47 Å². The lowest BCUT2D eigenvalue weighted by atomic mass is 9.86. The molecule has 0 saturated carbocycles. The Kier molecular flexibility index (Phi) is 5.92. The summed E-state index contributed by atoms with van der Waals surface area (Å²) < 4.78 is 23.6. The first kappa shape index (κ1) is 17.2. The van der Waals surface area contributed by atoms with Gasteiger partial charge in [0.15, 0.2) is 0 Å². The molecule has 1 saturated heterocycles. The Morgan fingerprint density at radius 1 is 1.43 bits per heavy atom. The molecule has 1 aromatic carbocycles. The summed E-state index contributed by atoms with van der Waals surface area (Å²) in [6.07, 6.45) is 1.30. The molecule has 0 radical (unpaired) electrons. The maximum atomic E-state index is 13.3. The van der Waals surface area contributed by atoms with Crippen LogP contribution in [0.1, 0.15) is 23.2 Å². The van der Waals surface area contributed by atoms with Gasteiger partial charge in [-0.1, -0.05) is 0 Å². The molecule has 1 unspecified atom stereocenters. The summed E-state index contributed by atoms with van der Waals surface area (Å²) in [6.45, 7) is 1.04. The molecule has 0 spiro atoms. The average Bonchev–Trinajstić information content (AvgIpc) is 2.55. The lowest BCUT2D eigenvalue weighted by Gasteiger charge is -2.27. The Morgan fingerprint density at radius 3 is 2.74 bits per heavy atom. The number of carboxylic acids is 1. The topological polar surface area (TPSA) is 84.9 Å². The molecule has 1 aromatic rings. The van der Waals surface area contributed by atoms with Gasteiger partial charge in [0.25, 0.3) is 5.91 Å². The third-order valence-corrected chi connectivity index (χ3v) is 4.04. The molecule has 0 aliphatic carbocycles. The van der Waals surface area contributed by atoms with E-state index < -0.39 is 23.6 Å². The SMILES string of the molecule is COc1ccc(F)cc1C(=O)NCC(C(=O)O)C1CCOCC1. The largest absolute Gasteiger partial charge is 0.496 e. The van der Waals surface area contributed by atoms with Gasteiger partial charge in [-0.25, -0.2) is 4.39 Å². The fourth-order valence-electron chi connectivity index (χ4n) is 2.73. The second-order valence-electron chi connectivity index (χ2n) is 5.45. The van der Waals surface area contributed by atoms with Gasteiger partial charge in [0.1, 0.15) is 11.6 Å². The quantitative estimate of drug-likeness (QED) is 0.831. The highest BCUT2D eigenvalue weighted by Gasteiger charge is 2.30. The van der Waals surface area contributed by atoms with Gasteiger partial charge in [-0.05, 0) is 37.0 Å². The van der Waals surface area contributed by atoms with Crippen LogP contribution in [0.25, 0.3) is 0 Å². The van der Waals surface area contributed by atoms with Crippen LogP contribution in [0.5, 0.6) is 5.75 Å². The van der Waals surface area contributed by atoms with Crippen molar-refractivity contribution in [2.45, 2.75) is 12.8 Å². The Bertz CT molecular complexity index is 572. The normalized spacial score (nSPS) is 16.6. The molecule has 1 aliphatic rings. The summed E-state index contributed by atoms with van der Waals surface area (Å²) in [5.74, 6) is -2.57. The number of halogens is 1. The number of carbonyl (C=O) groups excluding carboxylic acids is 1. The molecule has 1 heterocycles. The molecule has 1 aliphatic heterocycles. The highest BCUT2D eigenvalue weighted by atomic mass is 19.1. The van der Waals surface area contributed by atoms with Crippen molar-refractivity contribution < 1.29 is 28.6 Å². The molecule has 1 amide bonds. The van der Waals surface area contributed by atoms with Crippen molar-refractivity contribution in [3.8, 4) is 5.75 Å². The first-order valence-corrected chi connectivity index (χ1v) is 7.45. The molecular formula is C16H20FNO5. The lowest BCUT2D eigenvalue weighted by molar-refractivity contribution is -0.144. The van der Waals surface area contributed by atoms with Crippen LogP contribution in [0.3, 0.4) is 0 Å². The van der Waals surface area contributed by atoms with Crippen molar-refractivity contribution in [3.05, 3.63) is 29.6 Å². The molecule has 2 rings (SSSR count). The predicted octanol–water partition coefficient (Wildman–Crippen LogP) is 1.69. The van der Waals surface area contributed by atoms with Gasteiger partial charge in [0, 0.05) is 19.8 Å². The number of hydrogen-bond donors (Lipinski definition) is 2. The van der Waals surface area contributed by atoms with Crippen molar-refractivity contribution in [1.29, 1.82) is 0 Å². The molecule has 23 heavy (non-hydrogen) atoms. The van der Waals surface area contributed by atoms with E-state index >= 15 is 0 Å². The zero-order chi connectivity index (χ0) is 16.8. The lowest BCUT2D eigenvalue weighted by Crippen LogP contribution is -2.39. The van der Waals surface area contributed by atoms with E-state index in [1.54, 1.807) is 0 Å². The van der Waals surface area contributed by atoms with E-state index in [1.807, 2.05) is 0 Å². The summed E-state index contributed by atoms with van der Waals surface area (Å²) in [6, 6.07) is 3.62. The van der Waals surface area contributed by atoms with E-state index in [2.05, 4.69) is 5.32 Å². The molecule has 1 atom stereocenters. The number of aliphatic carboxylic acids is 1. The van der Waals surface area contributed by atoms with E-state index in [1.165, 1.54) is 19.2 Å². The van der Waals surface area contributed by atoms with Gasteiger partial charge in [-0.2, -0.15) is 0 Å². The van der Waals surface area contributed by atoms with Crippen LogP contribution >= 0.6 is 0 Å². The van der Waals surface area contributed by atoms with E-state index in [9.17, 15) is 19.1 Å². The van der Waals surface area contributed by atoms with Crippen LogP contribution in [-0.2, 0) is 9.53 Å². The number of carbonyl (C=O) groups is 2. The van der Waals surface area contributed by atoms with Crippen LogP contribution < -0.4 is 10.1 Å². The third kappa shape index (κ3) is 4.41. The Labute approximate surface area is 133 Å². The molecular weight excluding hydrogens is 305 g/mol. The summed E-state index contributed by atoms with van der Waals surface area (Å²) in [5, 5.41) is 11.9. The summed E-state index contributed by atoms with van der Waals surface area (Å²) in [4.78, 5) is 23.7. The number of hydrogen-bond acceptors (Lipinski definition) is 4. The monoisotopic (exact) mass is 325 g/mol. The van der Waals surface area contributed by atoms with Crippen molar-refractivity contribution in [2.75, 3.05) is 26.9 Å². The second kappa shape index (κ2) is 7.92. The molecule has 126 valence electrons. The van der Waals surface area contributed by atoms with Gasteiger partial charge in [0.2, 0.25) is 0 Å². The van der Waals surface area contributed by atoms with Crippen molar-refractivity contribution in [1.82, 2.24) is 5.32 Å². The standard InChI is InChI=1S/C16H20FNO5/c1-22-14-3-2-11(17)8-12(14)15(19)18-9-13(16(20)21)10-4-6-23-7-5-10/h2-3,8,10,13H,4-7,9H2,1H3,(H,18,19)(H,20,21). The van der Waals surface area contributed by atoms with E-state index in [-0.39, 0.29) is 23.8 Å². The summed E-state index contributed by atoms with van der Waals surface area (Å²) >= 11 is 0. The van der Waals surface area contributed by atoms with Crippen molar-refractivity contribution in [3.63, 3.8) is 0 Å². The Morgan fingerprint density at radius 2 is 2.13 bits per heavy atom. The maximum absolute atomic E-state index is 13.3. The summed E-state index contributed by atoms with van der Waals surface area (Å²) in [5.41, 5.74) is 0.0450. The minimum atomic E-state index is -0.955. The smallest absolute Gasteiger partial charge is 0.308 e. The number of benzene rings is 1. The number of ether oxygens (including phenoxy) is 2. The van der Waals surface area contributed by atoms with Crippen molar-refractivity contribution >= 4 is 11.9 Å². The van der Waals surface area contributed by atoms with Crippen LogP contribution in [0.4, 0.5) is 4.39 Å². The molecule has 6 nitrogen and oxygen atoms in total. The zero-order valence-corrected chi connectivity index (χ0v) is 12.9. The van der Waals surface area contributed by atoms with Gasteiger partial charge in [-0.3, -0.25) is 9.59 Å². The van der Waals surface area contributed by atoms with Gasteiger partial charge in [-0.15, -0.1) is 0 Å². The molecule has 2 N–H and O–H groups in total. The van der Waals surface area contributed by atoms with Gasteiger partial charge in [0.05, 0.1) is 18.6 Å². The minimum absolute atomic E-state index is 0.0154. The van der Waals surface area contributed by atoms with Crippen LogP contribution in [0.2, 0.25) is 0 Å². The summed E-state index contributed by atoms with van der Waals surface area (Å²) in [7, 11) is 1.38. The van der Waals surface area contributed by atoms with Crippen LogP contribution in [0, 0.1) is 17.7 Å². The van der Waals surface area contributed by atoms with E-state index in [0.717, 1.165) is 6.07 Å². The second-order valence-corrected chi connectivity index (χ2v) is 5.45. The Balaban J connectivity index is 2.04. The predicted molar refractivity (Wildman–Crippen MR) is 80.0 cm³/mol. The van der Waals surface area contributed by atoms with Gasteiger partial charge < -0.3 is 19.9 Å². The first-order valence-electron chi connectivity index (χ1n) is 7.45. The zero-order valence-electron chi connectivity index (χ0n) is 12.9. The van der Waals surface area contributed by atoms with E-state index in [0.29, 0.717) is 26.1 Å². The highest BCUT2D eigenvalue weighted by Crippen LogP contribution is 2.24. The molecule has 0 bridgehead atoms. The fraction of sp³-hybridized carbons (Fsp3) is 0.500. The van der Waals surface area contributed by atoms with Crippen LogP contribution in [0.15, 0.2) is 18.2 Å². The number of rotatable bonds is 6. The number of methoxy groups -OCH3 is 1. The number of carboxylic acid groups (broad SMARTS) is 1. The molecule has 0 aromatic heterocycles. The number of amides is 1. The van der Waals surface area contributed by atoms with Crippen molar-refractivity contribution in [2.24, 2.45) is 11.8 Å². The fourth-order valence-corrected chi connectivity index (χ4v) is 2.73. The van der Waals surface area contributed by atoms with Gasteiger partial charge >= 0.3 is 5.97 Å². The highest BCUT2D eigenvalue weighted by molar-refractivity contribution is 5.97. The molecule has 1 fully saturated rings. The number of nitrogens with one attached hydrogen (secondary N) is 1. The Hall–Kier alpha value is -2.15. The third-order valence-electron chi connectivity index (χ3n) is 4.04. The molecule has 7 heteroatoms. The average molecular weight is 325 g/mol. The minimum Gasteiger partial charge on any atom is -0.496 e. The first-order chi connectivity index (χ1) is 11.0. The maximum Gasteiger partial charge on any atom is 0.308 e. The van der Waals surface area contributed by atoms with Crippen LogP contribution in [-0.4, -0.2) is 43.9 Å².